The van der Waals surface area contributed by atoms with Crippen molar-refractivity contribution in [2.75, 3.05) is 13.2 Å². The van der Waals surface area contributed by atoms with E-state index in [-0.39, 0.29) is 18.5 Å². The van der Waals surface area contributed by atoms with E-state index in [0.29, 0.717) is 12.2 Å². The van der Waals surface area contributed by atoms with E-state index in [2.05, 4.69) is 9.88 Å². The Morgan fingerprint density at radius 3 is 3.05 bits per heavy atom. The summed E-state index contributed by atoms with van der Waals surface area (Å²) < 4.78 is 0. The fourth-order valence-electron chi connectivity index (χ4n) is 2.68. The average molecular weight is 262 g/mol. The first-order valence-electron chi connectivity index (χ1n) is 6.85. The number of rotatable bonds is 4. The molecule has 0 aliphatic carbocycles. The quantitative estimate of drug-likeness (QED) is 0.560. The topological polar surface area (TPSA) is 86.2 Å². The lowest BCUT2D eigenvalue weighted by molar-refractivity contribution is 0.118. The molecule has 0 radical (unpaired) electrons. The van der Waals surface area contributed by atoms with Gasteiger partial charge >= 0.3 is 0 Å². The lowest BCUT2D eigenvalue weighted by atomic mass is 10.1. The maximum absolute atomic E-state index is 9.52. The molecular weight excluding hydrogens is 240 g/mol. The Morgan fingerprint density at radius 2 is 2.32 bits per heavy atom. The molecule has 0 bridgehead atoms. The number of amidine groups is 1. The number of nitrogens with zero attached hydrogens (tertiary/aromatic N) is 2. The van der Waals surface area contributed by atoms with Gasteiger partial charge in [0.2, 0.25) is 0 Å². The van der Waals surface area contributed by atoms with E-state index >= 15 is 0 Å². The second-order valence-corrected chi connectivity index (χ2v) is 5.08. The minimum Gasteiger partial charge on any atom is -0.395 e. The minimum atomic E-state index is 0.00553. The molecule has 1 fully saturated rings. The minimum absolute atomic E-state index is 0.00553. The van der Waals surface area contributed by atoms with Crippen LogP contribution < -0.4 is 5.73 Å². The molecule has 1 aromatic rings. The smallest absolute Gasteiger partial charge is 0.142 e. The van der Waals surface area contributed by atoms with Gasteiger partial charge in [-0.05, 0) is 31.0 Å². The van der Waals surface area contributed by atoms with E-state index in [1.807, 2.05) is 12.1 Å². The van der Waals surface area contributed by atoms with Crippen LogP contribution >= 0.6 is 0 Å². The van der Waals surface area contributed by atoms with Crippen molar-refractivity contribution >= 4 is 5.84 Å². The first-order valence-corrected chi connectivity index (χ1v) is 6.85. The van der Waals surface area contributed by atoms with E-state index in [0.717, 1.165) is 24.9 Å². The van der Waals surface area contributed by atoms with E-state index < -0.39 is 0 Å². The zero-order chi connectivity index (χ0) is 13.7. The van der Waals surface area contributed by atoms with Gasteiger partial charge in [-0.1, -0.05) is 18.9 Å². The fourth-order valence-corrected chi connectivity index (χ4v) is 2.68. The van der Waals surface area contributed by atoms with Gasteiger partial charge in [-0.25, -0.2) is 0 Å². The molecule has 2 heterocycles. The van der Waals surface area contributed by atoms with Gasteiger partial charge in [0.05, 0.1) is 6.61 Å². The van der Waals surface area contributed by atoms with Gasteiger partial charge in [-0.15, -0.1) is 0 Å². The third-order valence-electron chi connectivity index (χ3n) is 3.73. The third-order valence-corrected chi connectivity index (χ3v) is 3.73. The number of likely N-dealkylation sites (tertiary alicyclic amines) is 1. The van der Waals surface area contributed by atoms with Gasteiger partial charge < -0.3 is 10.8 Å². The van der Waals surface area contributed by atoms with Crippen LogP contribution in [0.4, 0.5) is 0 Å². The third kappa shape index (κ3) is 3.52. The zero-order valence-electron chi connectivity index (χ0n) is 11.2. The van der Waals surface area contributed by atoms with Gasteiger partial charge in [0.25, 0.3) is 0 Å². The summed E-state index contributed by atoms with van der Waals surface area (Å²) in [6.45, 7) is 1.88. The lowest BCUT2D eigenvalue weighted by Crippen LogP contribution is -2.37. The number of aliphatic hydroxyl groups is 1. The normalized spacial score (nSPS) is 21.0. The highest BCUT2D eigenvalue weighted by atomic mass is 16.3. The number of hydrogen-bond donors (Lipinski definition) is 3. The summed E-state index contributed by atoms with van der Waals surface area (Å²) in [6.07, 6.45) is 6.25. The maximum atomic E-state index is 9.52. The Balaban J connectivity index is 2.16. The SMILES string of the molecule is N=C(N)c1ncccc1CN1CCCCCC1CO. The first-order chi connectivity index (χ1) is 9.22. The van der Waals surface area contributed by atoms with E-state index in [1.165, 1.54) is 12.8 Å². The predicted octanol–water partition coefficient (Wildman–Crippen LogP) is 1.10. The molecule has 19 heavy (non-hydrogen) atoms. The second-order valence-electron chi connectivity index (χ2n) is 5.08. The molecule has 1 saturated heterocycles. The molecule has 0 saturated carbocycles. The molecule has 1 atom stereocenters. The van der Waals surface area contributed by atoms with Gasteiger partial charge in [0.15, 0.2) is 0 Å². The van der Waals surface area contributed by atoms with Crippen LogP contribution in [0, 0.1) is 5.41 Å². The van der Waals surface area contributed by atoms with E-state index in [9.17, 15) is 5.11 Å². The van der Waals surface area contributed by atoms with Crippen molar-refractivity contribution < 1.29 is 5.11 Å². The molecule has 104 valence electrons. The van der Waals surface area contributed by atoms with Crippen LogP contribution in [0.3, 0.4) is 0 Å². The predicted molar refractivity (Wildman–Crippen MR) is 75.0 cm³/mol. The highest BCUT2D eigenvalue weighted by Gasteiger charge is 2.21. The Bertz CT molecular complexity index is 435. The molecule has 2 rings (SSSR count). The van der Waals surface area contributed by atoms with Crippen molar-refractivity contribution in [2.45, 2.75) is 38.3 Å². The van der Waals surface area contributed by atoms with Crippen molar-refractivity contribution in [3.8, 4) is 0 Å². The maximum Gasteiger partial charge on any atom is 0.142 e. The molecule has 1 aromatic heterocycles. The average Bonchev–Trinajstić information content (AvgIpc) is 2.64. The molecule has 5 heteroatoms. The molecule has 0 aromatic carbocycles. The molecule has 1 unspecified atom stereocenters. The highest BCUT2D eigenvalue weighted by Crippen LogP contribution is 2.19. The number of nitrogen functional groups attached to an aromatic ring is 1. The van der Waals surface area contributed by atoms with Crippen LogP contribution in [0.1, 0.15) is 36.9 Å². The van der Waals surface area contributed by atoms with Crippen LogP contribution in [-0.2, 0) is 6.54 Å². The van der Waals surface area contributed by atoms with Crippen molar-refractivity contribution in [3.63, 3.8) is 0 Å². The van der Waals surface area contributed by atoms with E-state index in [4.69, 9.17) is 11.1 Å². The molecule has 5 nitrogen and oxygen atoms in total. The first kappa shape index (κ1) is 14.0. The summed E-state index contributed by atoms with van der Waals surface area (Å²) in [5.74, 6) is 0.00553. The van der Waals surface area contributed by atoms with E-state index in [1.54, 1.807) is 6.20 Å². The monoisotopic (exact) mass is 262 g/mol. The lowest BCUT2D eigenvalue weighted by Gasteiger charge is -2.28. The molecule has 0 spiro atoms. The molecular formula is C14H22N4O. The molecule has 1 aliphatic heterocycles. The number of pyridine rings is 1. The summed E-state index contributed by atoms with van der Waals surface area (Å²) in [5.41, 5.74) is 7.10. The van der Waals surface area contributed by atoms with Crippen LogP contribution in [-0.4, -0.2) is 40.0 Å². The highest BCUT2D eigenvalue weighted by molar-refractivity contribution is 5.94. The van der Waals surface area contributed by atoms with Crippen molar-refractivity contribution in [3.05, 3.63) is 29.6 Å². The summed E-state index contributed by atoms with van der Waals surface area (Å²) in [7, 11) is 0. The molecule has 0 amide bonds. The Kier molecular flexibility index (Phi) is 4.87. The van der Waals surface area contributed by atoms with Gasteiger partial charge in [-0.2, -0.15) is 0 Å². The zero-order valence-corrected chi connectivity index (χ0v) is 11.2. The van der Waals surface area contributed by atoms with Crippen LogP contribution in [0.25, 0.3) is 0 Å². The summed E-state index contributed by atoms with van der Waals surface area (Å²) in [5, 5.41) is 17.1. The van der Waals surface area contributed by atoms with Crippen LogP contribution in [0.2, 0.25) is 0 Å². The van der Waals surface area contributed by atoms with Crippen molar-refractivity contribution in [2.24, 2.45) is 5.73 Å². The van der Waals surface area contributed by atoms with Gasteiger partial charge in [-0.3, -0.25) is 15.3 Å². The van der Waals surface area contributed by atoms with Crippen LogP contribution in [0.15, 0.2) is 18.3 Å². The molecule has 1 aliphatic rings. The Morgan fingerprint density at radius 1 is 1.47 bits per heavy atom. The van der Waals surface area contributed by atoms with Crippen molar-refractivity contribution in [1.82, 2.24) is 9.88 Å². The summed E-state index contributed by atoms with van der Waals surface area (Å²) in [6, 6.07) is 4.04. The Labute approximate surface area is 114 Å². The number of aliphatic hydroxyl groups excluding tert-OH is 1. The fraction of sp³-hybridized carbons (Fsp3) is 0.571. The Hall–Kier alpha value is -1.46. The second kappa shape index (κ2) is 6.63. The van der Waals surface area contributed by atoms with Gasteiger partial charge in [0.1, 0.15) is 11.5 Å². The number of aromatic nitrogens is 1. The van der Waals surface area contributed by atoms with Crippen LogP contribution in [0.5, 0.6) is 0 Å². The summed E-state index contributed by atoms with van der Waals surface area (Å²) >= 11 is 0. The largest absolute Gasteiger partial charge is 0.395 e. The summed E-state index contributed by atoms with van der Waals surface area (Å²) in [4.78, 5) is 6.47. The standard InChI is InChI=1S/C14H22N4O/c15-14(16)13-11(5-4-7-17-13)9-18-8-3-1-2-6-12(18)10-19/h4-5,7,12,19H,1-3,6,8-10H2,(H3,15,16). The number of nitrogens with one attached hydrogen (secondary N) is 1. The number of nitrogens with two attached hydrogens (primary N) is 1. The van der Waals surface area contributed by atoms with Crippen molar-refractivity contribution in [1.29, 1.82) is 5.41 Å². The molecule has 4 N–H and O–H groups in total. The van der Waals surface area contributed by atoms with Gasteiger partial charge in [0, 0.05) is 18.8 Å². The number of hydrogen-bond acceptors (Lipinski definition) is 4.